The minimum absolute atomic E-state index is 0.00572. The van der Waals surface area contributed by atoms with Crippen LogP contribution in [0.5, 0.6) is 0 Å². The van der Waals surface area contributed by atoms with Crippen molar-refractivity contribution in [1.29, 1.82) is 0 Å². The Morgan fingerprint density at radius 2 is 2.15 bits per heavy atom. The Balaban J connectivity index is 2.17. The van der Waals surface area contributed by atoms with Gasteiger partial charge in [0, 0.05) is 18.1 Å². The summed E-state index contributed by atoms with van der Waals surface area (Å²) in [7, 11) is -4.04. The molecule has 0 saturated carbocycles. The van der Waals surface area contributed by atoms with Gasteiger partial charge in [-0.05, 0) is 24.3 Å². The van der Waals surface area contributed by atoms with Crippen molar-refractivity contribution in [2.45, 2.75) is 11.4 Å². The molecule has 0 spiro atoms. The Bertz CT molecular complexity index is 728. The van der Waals surface area contributed by atoms with Crippen LogP contribution in [0.15, 0.2) is 41.6 Å². The quantitative estimate of drug-likeness (QED) is 0.846. The van der Waals surface area contributed by atoms with Gasteiger partial charge < -0.3 is 5.32 Å². The summed E-state index contributed by atoms with van der Waals surface area (Å²) in [6.45, 7) is -0.0752. The minimum atomic E-state index is -4.04. The highest BCUT2D eigenvalue weighted by Gasteiger charge is 2.12. The van der Waals surface area contributed by atoms with Gasteiger partial charge in [0.25, 0.3) is 0 Å². The second-order valence-electron chi connectivity index (χ2n) is 3.97. The van der Waals surface area contributed by atoms with Crippen LogP contribution >= 0.6 is 0 Å². The highest BCUT2D eigenvalue weighted by molar-refractivity contribution is 7.89. The molecule has 9 heteroatoms. The number of hydrogen-bond donors (Lipinski definition) is 2. The zero-order chi connectivity index (χ0) is 14.8. The number of benzene rings is 1. The lowest BCUT2D eigenvalue weighted by Gasteiger charge is -2.07. The maximum absolute atomic E-state index is 13.3. The molecule has 3 N–H and O–H groups in total. The molecule has 7 nitrogen and oxygen atoms in total. The topological polar surface area (TPSA) is 107 Å². The van der Waals surface area contributed by atoms with E-state index in [1.54, 1.807) is 12.3 Å². The maximum atomic E-state index is 13.3. The molecule has 0 atom stereocenters. The fourth-order valence-corrected chi connectivity index (χ4v) is 2.11. The third-order valence-corrected chi connectivity index (χ3v) is 3.24. The van der Waals surface area contributed by atoms with Gasteiger partial charge in [-0.25, -0.2) is 17.9 Å². The number of carbonyl (C=O) groups is 1. The van der Waals surface area contributed by atoms with Crippen molar-refractivity contribution in [2.75, 3.05) is 5.32 Å². The molecule has 106 valence electrons. The van der Waals surface area contributed by atoms with Crippen molar-refractivity contribution in [3.05, 3.63) is 42.5 Å². The first-order valence-corrected chi connectivity index (χ1v) is 7.00. The van der Waals surface area contributed by atoms with Crippen molar-refractivity contribution >= 4 is 21.6 Å². The molecule has 0 aliphatic rings. The van der Waals surface area contributed by atoms with Gasteiger partial charge in [0.15, 0.2) is 0 Å². The van der Waals surface area contributed by atoms with Gasteiger partial charge in [0.1, 0.15) is 12.4 Å². The first kappa shape index (κ1) is 14.2. The number of amides is 1. The van der Waals surface area contributed by atoms with Gasteiger partial charge in [0.05, 0.1) is 4.90 Å². The summed E-state index contributed by atoms with van der Waals surface area (Å²) >= 11 is 0. The number of sulfonamides is 1. The van der Waals surface area contributed by atoms with E-state index in [9.17, 15) is 17.6 Å². The number of nitrogens with zero attached hydrogens (tertiary/aromatic N) is 2. The summed E-state index contributed by atoms with van der Waals surface area (Å²) in [6, 6.07) is 4.50. The highest BCUT2D eigenvalue weighted by atomic mass is 32.2. The van der Waals surface area contributed by atoms with Gasteiger partial charge in [-0.2, -0.15) is 5.10 Å². The molecule has 0 saturated heterocycles. The Morgan fingerprint density at radius 3 is 2.75 bits per heavy atom. The zero-order valence-electron chi connectivity index (χ0n) is 10.2. The second-order valence-corrected chi connectivity index (χ2v) is 5.53. The van der Waals surface area contributed by atoms with Crippen LogP contribution in [-0.4, -0.2) is 24.1 Å². The third-order valence-electron chi connectivity index (χ3n) is 2.35. The number of halogens is 1. The van der Waals surface area contributed by atoms with Crippen LogP contribution in [0.1, 0.15) is 0 Å². The molecule has 0 bridgehead atoms. The van der Waals surface area contributed by atoms with Crippen LogP contribution in [-0.2, 0) is 21.4 Å². The molecule has 2 aromatic rings. The summed E-state index contributed by atoms with van der Waals surface area (Å²) in [6.07, 6.45) is 3.09. The van der Waals surface area contributed by atoms with Gasteiger partial charge in [-0.3, -0.25) is 9.48 Å². The molecule has 1 heterocycles. The number of nitrogens with two attached hydrogens (primary N) is 1. The molecule has 1 aromatic carbocycles. The van der Waals surface area contributed by atoms with E-state index < -0.39 is 26.6 Å². The number of hydrogen-bond acceptors (Lipinski definition) is 4. The molecular formula is C11H11FN4O3S. The SMILES string of the molecule is NS(=O)(=O)c1cc(F)cc(NC(=O)Cn2cccn2)c1. The summed E-state index contributed by atoms with van der Waals surface area (Å²) < 4.78 is 37.0. The summed E-state index contributed by atoms with van der Waals surface area (Å²) in [5, 5.41) is 11.1. The Hall–Kier alpha value is -2.26. The largest absolute Gasteiger partial charge is 0.324 e. The van der Waals surface area contributed by atoms with Crippen molar-refractivity contribution in [1.82, 2.24) is 9.78 Å². The summed E-state index contributed by atoms with van der Waals surface area (Å²) in [4.78, 5) is 11.3. The average molecular weight is 298 g/mol. The highest BCUT2D eigenvalue weighted by Crippen LogP contribution is 2.17. The monoisotopic (exact) mass is 298 g/mol. The van der Waals surface area contributed by atoms with Gasteiger partial charge in [-0.15, -0.1) is 0 Å². The molecule has 2 rings (SSSR count). The Morgan fingerprint density at radius 1 is 1.40 bits per heavy atom. The first-order chi connectivity index (χ1) is 9.34. The van der Waals surface area contributed by atoms with Crippen molar-refractivity contribution in [3.8, 4) is 0 Å². The van der Waals surface area contributed by atoms with E-state index in [-0.39, 0.29) is 12.2 Å². The molecule has 0 unspecified atom stereocenters. The molecule has 1 aromatic heterocycles. The van der Waals surface area contributed by atoms with Crippen LogP contribution in [0.3, 0.4) is 0 Å². The van der Waals surface area contributed by atoms with Gasteiger partial charge in [0.2, 0.25) is 15.9 Å². The van der Waals surface area contributed by atoms with Crippen LogP contribution in [0.2, 0.25) is 0 Å². The van der Waals surface area contributed by atoms with Crippen LogP contribution < -0.4 is 10.5 Å². The molecular weight excluding hydrogens is 287 g/mol. The van der Waals surface area contributed by atoms with Crippen LogP contribution in [0.4, 0.5) is 10.1 Å². The minimum Gasteiger partial charge on any atom is -0.324 e. The number of primary sulfonamides is 1. The maximum Gasteiger partial charge on any atom is 0.246 e. The van der Waals surface area contributed by atoms with Crippen molar-refractivity contribution in [3.63, 3.8) is 0 Å². The molecule has 0 aliphatic heterocycles. The third kappa shape index (κ3) is 3.62. The number of nitrogens with one attached hydrogen (secondary N) is 1. The molecule has 1 amide bonds. The van der Waals surface area contributed by atoms with Crippen molar-refractivity contribution in [2.24, 2.45) is 5.14 Å². The van der Waals surface area contributed by atoms with E-state index >= 15 is 0 Å². The first-order valence-electron chi connectivity index (χ1n) is 5.45. The summed E-state index contributed by atoms with van der Waals surface area (Å²) in [5.74, 6) is -1.29. The van der Waals surface area contributed by atoms with Crippen LogP contribution in [0.25, 0.3) is 0 Å². The molecule has 0 aliphatic carbocycles. The Labute approximate surface area is 114 Å². The zero-order valence-corrected chi connectivity index (χ0v) is 11.0. The van der Waals surface area contributed by atoms with Crippen molar-refractivity contribution < 1.29 is 17.6 Å². The lowest BCUT2D eigenvalue weighted by Crippen LogP contribution is -2.20. The number of rotatable bonds is 4. The van der Waals surface area contributed by atoms with E-state index in [0.717, 1.165) is 18.2 Å². The number of carbonyl (C=O) groups excluding carboxylic acids is 1. The lowest BCUT2D eigenvalue weighted by atomic mass is 10.3. The van der Waals surface area contributed by atoms with Gasteiger partial charge >= 0.3 is 0 Å². The fourth-order valence-electron chi connectivity index (χ4n) is 1.54. The summed E-state index contributed by atoms with van der Waals surface area (Å²) in [5.41, 5.74) is 0.00572. The normalized spacial score (nSPS) is 11.3. The van der Waals surface area contributed by atoms with E-state index in [1.165, 1.54) is 10.9 Å². The molecule has 20 heavy (non-hydrogen) atoms. The van der Waals surface area contributed by atoms with Crippen LogP contribution in [0, 0.1) is 5.82 Å². The molecule has 0 fully saturated rings. The number of anilines is 1. The van der Waals surface area contributed by atoms with Gasteiger partial charge in [-0.1, -0.05) is 0 Å². The van der Waals surface area contributed by atoms with E-state index in [2.05, 4.69) is 10.4 Å². The predicted molar refractivity (Wildman–Crippen MR) is 68.6 cm³/mol. The smallest absolute Gasteiger partial charge is 0.246 e. The van der Waals surface area contributed by atoms with E-state index in [4.69, 9.17) is 5.14 Å². The predicted octanol–water partition coefficient (Wildman–Crippen LogP) is 0.308. The Kier molecular flexibility index (Phi) is 3.81. The van der Waals surface area contributed by atoms with E-state index in [1.807, 2.05) is 0 Å². The van der Waals surface area contributed by atoms with E-state index in [0.29, 0.717) is 0 Å². The lowest BCUT2D eigenvalue weighted by molar-refractivity contribution is -0.116. The number of aromatic nitrogens is 2. The molecule has 0 radical (unpaired) electrons. The average Bonchev–Trinajstić information content (AvgIpc) is 2.79. The standard InChI is InChI=1S/C11H11FN4O3S/c12-8-4-9(6-10(5-8)20(13,18)19)15-11(17)7-16-3-1-2-14-16/h1-6H,7H2,(H,15,17)(H2,13,18,19). The fraction of sp³-hybridized carbons (Fsp3) is 0.0909. The second kappa shape index (κ2) is 5.39.